The third-order valence-electron chi connectivity index (χ3n) is 2.87. The third-order valence-corrected chi connectivity index (χ3v) is 2.87. The molecule has 0 radical (unpaired) electrons. The van der Waals surface area contributed by atoms with Crippen molar-refractivity contribution in [2.75, 3.05) is 12.8 Å². The minimum Gasteiger partial charge on any atom is -0.482 e. The summed E-state index contributed by atoms with van der Waals surface area (Å²) in [5.74, 6) is 0.148. The van der Waals surface area contributed by atoms with Crippen molar-refractivity contribution >= 4 is 17.6 Å². The fraction of sp³-hybridized carbons (Fsp3) is 0.133. The zero-order valence-electron chi connectivity index (χ0n) is 11.5. The molecule has 2 aromatic carbocycles. The highest BCUT2D eigenvalue weighted by atomic mass is 16.6. The number of anilines is 1. The first-order chi connectivity index (χ1) is 10.1. The maximum absolute atomic E-state index is 11.1. The van der Waals surface area contributed by atoms with Gasteiger partial charge in [-0.2, -0.15) is 0 Å². The van der Waals surface area contributed by atoms with Gasteiger partial charge in [0.05, 0.1) is 4.92 Å². The minimum absolute atomic E-state index is 0.130. The van der Waals surface area contributed by atoms with Gasteiger partial charge in [0.25, 0.3) is 0 Å². The molecule has 2 aromatic rings. The van der Waals surface area contributed by atoms with Crippen molar-refractivity contribution in [3.8, 4) is 5.75 Å². The lowest BCUT2D eigenvalue weighted by molar-refractivity contribution is -0.385. The molecule has 0 saturated carbocycles. The largest absolute Gasteiger partial charge is 0.482 e. The van der Waals surface area contributed by atoms with Crippen LogP contribution < -0.4 is 10.5 Å². The summed E-state index contributed by atoms with van der Waals surface area (Å²) in [5, 5.41) is 11.1. The van der Waals surface area contributed by atoms with Crippen molar-refractivity contribution < 1.29 is 9.66 Å². The Morgan fingerprint density at radius 1 is 1.33 bits per heavy atom. The second-order valence-corrected chi connectivity index (χ2v) is 4.37. The highest BCUT2D eigenvalue weighted by molar-refractivity contribution is 5.89. The van der Waals surface area contributed by atoms with E-state index in [1.165, 1.54) is 18.3 Å². The van der Waals surface area contributed by atoms with Gasteiger partial charge in [-0.15, -0.1) is 0 Å². The van der Waals surface area contributed by atoms with Crippen LogP contribution in [0.1, 0.15) is 11.1 Å². The van der Waals surface area contributed by atoms with Crippen LogP contribution in [-0.2, 0) is 6.61 Å². The van der Waals surface area contributed by atoms with Crippen molar-refractivity contribution in [2.24, 2.45) is 4.99 Å². The fourth-order valence-corrected chi connectivity index (χ4v) is 1.84. The summed E-state index contributed by atoms with van der Waals surface area (Å²) in [6.07, 6.45) is 1.48. The van der Waals surface area contributed by atoms with Crippen LogP contribution in [0.2, 0.25) is 0 Å². The Kier molecular flexibility index (Phi) is 4.50. The Morgan fingerprint density at radius 3 is 2.67 bits per heavy atom. The van der Waals surface area contributed by atoms with Crippen molar-refractivity contribution in [3.05, 3.63) is 63.7 Å². The number of hydrogen-bond acceptors (Lipinski definition) is 5. The molecule has 0 aliphatic carbocycles. The van der Waals surface area contributed by atoms with Gasteiger partial charge in [0, 0.05) is 36.6 Å². The predicted molar refractivity (Wildman–Crippen MR) is 81.8 cm³/mol. The van der Waals surface area contributed by atoms with E-state index in [0.29, 0.717) is 11.3 Å². The Morgan fingerprint density at radius 2 is 2.05 bits per heavy atom. The summed E-state index contributed by atoms with van der Waals surface area (Å²) in [6, 6.07) is 12.2. The number of nitrogens with two attached hydrogens (primary N) is 1. The molecule has 0 heterocycles. The number of aliphatic imine (C=N–C) groups is 1. The van der Waals surface area contributed by atoms with Gasteiger partial charge < -0.3 is 10.5 Å². The van der Waals surface area contributed by atoms with E-state index < -0.39 is 4.92 Å². The third kappa shape index (κ3) is 3.56. The Bertz CT molecular complexity index is 669. The Labute approximate surface area is 122 Å². The van der Waals surface area contributed by atoms with E-state index >= 15 is 0 Å². The second-order valence-electron chi connectivity index (χ2n) is 4.37. The summed E-state index contributed by atoms with van der Waals surface area (Å²) in [4.78, 5) is 14.5. The van der Waals surface area contributed by atoms with Crippen LogP contribution in [0.15, 0.2) is 47.5 Å². The molecule has 0 aliphatic heterocycles. The predicted octanol–water partition coefficient (Wildman–Crippen LogP) is 2.80. The van der Waals surface area contributed by atoms with E-state index in [0.717, 1.165) is 5.56 Å². The summed E-state index contributed by atoms with van der Waals surface area (Å²) < 4.78 is 5.53. The number of nitro groups is 1. The minimum atomic E-state index is -0.493. The lowest BCUT2D eigenvalue weighted by Crippen LogP contribution is -2.02. The van der Waals surface area contributed by atoms with Crippen LogP contribution in [0.5, 0.6) is 5.75 Å². The quantitative estimate of drug-likeness (QED) is 0.396. The molecule has 0 bridgehead atoms. The lowest BCUT2D eigenvalue weighted by Gasteiger charge is -2.09. The average Bonchev–Trinajstić information content (AvgIpc) is 2.48. The lowest BCUT2D eigenvalue weighted by atomic mass is 10.1. The maximum atomic E-state index is 11.1. The number of nitrogens with zero attached hydrogens (tertiary/aromatic N) is 2. The Hall–Kier alpha value is -2.89. The van der Waals surface area contributed by atoms with Gasteiger partial charge in [-0.25, -0.2) is 0 Å². The zero-order valence-corrected chi connectivity index (χ0v) is 11.5. The molecule has 0 unspecified atom stereocenters. The smallest absolute Gasteiger partial charge is 0.311 e. The summed E-state index contributed by atoms with van der Waals surface area (Å²) in [5.41, 5.74) is 7.52. The molecule has 2 rings (SSSR count). The molecule has 21 heavy (non-hydrogen) atoms. The Balaban J connectivity index is 2.29. The maximum Gasteiger partial charge on any atom is 0.311 e. The van der Waals surface area contributed by atoms with Crippen molar-refractivity contribution in [3.63, 3.8) is 0 Å². The van der Waals surface area contributed by atoms with Crippen LogP contribution in [0.4, 0.5) is 11.4 Å². The van der Waals surface area contributed by atoms with Crippen molar-refractivity contribution in [1.29, 1.82) is 0 Å². The first-order valence-electron chi connectivity index (χ1n) is 6.28. The van der Waals surface area contributed by atoms with E-state index in [1.807, 2.05) is 30.3 Å². The first-order valence-corrected chi connectivity index (χ1v) is 6.28. The van der Waals surface area contributed by atoms with E-state index in [2.05, 4.69) is 4.99 Å². The van der Waals surface area contributed by atoms with Crippen molar-refractivity contribution in [2.45, 2.75) is 6.61 Å². The number of nitrogen functional groups attached to an aromatic ring is 1. The van der Waals surface area contributed by atoms with E-state index in [9.17, 15) is 10.1 Å². The van der Waals surface area contributed by atoms with Gasteiger partial charge in [0.2, 0.25) is 0 Å². The normalized spacial score (nSPS) is 10.7. The number of nitro benzene ring substituents is 1. The highest BCUT2D eigenvalue weighted by Crippen LogP contribution is 2.32. The van der Waals surface area contributed by atoms with E-state index in [1.54, 1.807) is 7.05 Å². The molecular formula is C15H15N3O3. The zero-order chi connectivity index (χ0) is 15.2. The standard InChI is InChI=1S/C15H15N3O3/c1-17-9-12-7-14(18(19)20)15(8-13(12)16)21-10-11-5-3-2-4-6-11/h2-9H,10,16H2,1H3. The summed E-state index contributed by atoms with van der Waals surface area (Å²) in [6.45, 7) is 0.238. The summed E-state index contributed by atoms with van der Waals surface area (Å²) in [7, 11) is 1.57. The molecule has 0 atom stereocenters. The molecule has 0 spiro atoms. The number of benzene rings is 2. The highest BCUT2D eigenvalue weighted by Gasteiger charge is 2.18. The van der Waals surface area contributed by atoms with Crippen LogP contribution >= 0.6 is 0 Å². The number of rotatable bonds is 5. The van der Waals surface area contributed by atoms with Gasteiger partial charge in [0.15, 0.2) is 5.75 Å². The number of hydrogen-bond donors (Lipinski definition) is 1. The topological polar surface area (TPSA) is 90.8 Å². The summed E-state index contributed by atoms with van der Waals surface area (Å²) >= 11 is 0. The molecule has 108 valence electrons. The fourth-order valence-electron chi connectivity index (χ4n) is 1.84. The SMILES string of the molecule is CN=Cc1cc([N+](=O)[O-])c(OCc2ccccc2)cc1N. The van der Waals surface area contributed by atoms with E-state index in [-0.39, 0.29) is 18.0 Å². The van der Waals surface area contributed by atoms with Crippen LogP contribution in [0.25, 0.3) is 0 Å². The van der Waals surface area contributed by atoms with Crippen LogP contribution in [0, 0.1) is 10.1 Å². The average molecular weight is 285 g/mol. The molecule has 6 heteroatoms. The van der Waals surface area contributed by atoms with E-state index in [4.69, 9.17) is 10.5 Å². The van der Waals surface area contributed by atoms with Gasteiger partial charge >= 0.3 is 5.69 Å². The molecule has 2 N–H and O–H groups in total. The first kappa shape index (κ1) is 14.5. The van der Waals surface area contributed by atoms with Gasteiger partial charge in [-0.1, -0.05) is 30.3 Å². The molecule has 0 fully saturated rings. The molecule has 0 aliphatic rings. The monoisotopic (exact) mass is 285 g/mol. The second kappa shape index (κ2) is 6.51. The van der Waals surface area contributed by atoms with Crippen LogP contribution in [-0.4, -0.2) is 18.2 Å². The number of ether oxygens (including phenoxy) is 1. The molecular weight excluding hydrogens is 270 g/mol. The van der Waals surface area contributed by atoms with Gasteiger partial charge in [-0.05, 0) is 5.56 Å². The van der Waals surface area contributed by atoms with Gasteiger partial charge in [-0.3, -0.25) is 15.1 Å². The van der Waals surface area contributed by atoms with Gasteiger partial charge in [0.1, 0.15) is 6.61 Å². The molecule has 0 amide bonds. The molecule has 6 nitrogen and oxygen atoms in total. The molecule has 0 saturated heterocycles. The molecule has 0 aromatic heterocycles. The van der Waals surface area contributed by atoms with Crippen molar-refractivity contribution in [1.82, 2.24) is 0 Å². The van der Waals surface area contributed by atoms with Crippen LogP contribution in [0.3, 0.4) is 0 Å².